The summed E-state index contributed by atoms with van der Waals surface area (Å²) < 4.78 is 0. The Labute approximate surface area is 46.7 Å². The molecular weight excluding hydrogens is 104 g/mol. The minimum Gasteiger partial charge on any atom is -0.325 e. The van der Waals surface area contributed by atoms with Crippen molar-refractivity contribution >= 4 is 0 Å². The first-order valence-electron chi connectivity index (χ1n) is 2.27. The fraction of sp³-hybridized carbons (Fsp3) is 0.250. The van der Waals surface area contributed by atoms with Crippen LogP contribution < -0.4 is 5.73 Å². The molecule has 4 heteroatoms. The minimum atomic E-state index is 0.426. The number of nitrogens with zero attached hydrogens (tertiary/aromatic N) is 3. The summed E-state index contributed by atoms with van der Waals surface area (Å²) in [4.78, 5) is 0. The summed E-state index contributed by atoms with van der Waals surface area (Å²) >= 11 is 0. The third-order valence-corrected chi connectivity index (χ3v) is 0.768. The Balaban J connectivity index is 2.83. The highest BCUT2D eigenvalue weighted by atomic mass is 15.3. The number of hydrogen-bond acceptors (Lipinski definition) is 4. The number of hydrogen-bond donors (Lipinski definition) is 1. The van der Waals surface area contributed by atoms with E-state index in [2.05, 4.69) is 15.4 Å². The van der Waals surface area contributed by atoms with Crippen molar-refractivity contribution in [3.05, 3.63) is 18.0 Å². The molecule has 1 rings (SSSR count). The van der Waals surface area contributed by atoms with Gasteiger partial charge in [-0.3, -0.25) is 0 Å². The van der Waals surface area contributed by atoms with Crippen molar-refractivity contribution in [3.63, 3.8) is 0 Å². The number of rotatable bonds is 1. The highest BCUT2D eigenvalue weighted by molar-refractivity contribution is 4.93. The van der Waals surface area contributed by atoms with E-state index in [0.29, 0.717) is 6.54 Å². The highest BCUT2D eigenvalue weighted by Crippen LogP contribution is 1.82. The van der Waals surface area contributed by atoms with Crippen molar-refractivity contribution in [2.24, 2.45) is 5.73 Å². The normalized spacial score (nSPS) is 9.12. The molecule has 8 heavy (non-hydrogen) atoms. The van der Waals surface area contributed by atoms with E-state index in [4.69, 9.17) is 5.73 Å². The lowest BCUT2D eigenvalue weighted by molar-refractivity contribution is 0.804. The van der Waals surface area contributed by atoms with Crippen LogP contribution in [0.1, 0.15) is 5.69 Å². The van der Waals surface area contributed by atoms with Gasteiger partial charge in [-0.05, 0) is 11.3 Å². The quantitative estimate of drug-likeness (QED) is 0.520. The van der Waals surface area contributed by atoms with Gasteiger partial charge in [-0.15, -0.1) is 10.2 Å². The smallest absolute Gasteiger partial charge is 0.0800 e. The summed E-state index contributed by atoms with van der Waals surface area (Å²) in [6.45, 7) is 0.426. The van der Waals surface area contributed by atoms with E-state index in [9.17, 15) is 0 Å². The Morgan fingerprint density at radius 3 is 2.88 bits per heavy atom. The maximum atomic E-state index is 5.22. The molecule has 4 nitrogen and oxygen atoms in total. The molecule has 0 aliphatic rings. The third kappa shape index (κ3) is 0.974. The molecule has 1 heterocycles. The average molecular weight is 110 g/mol. The Morgan fingerprint density at radius 1 is 1.62 bits per heavy atom. The van der Waals surface area contributed by atoms with Crippen molar-refractivity contribution in [1.82, 2.24) is 15.4 Å². The lowest BCUT2D eigenvalue weighted by Crippen LogP contribution is -2.00. The van der Waals surface area contributed by atoms with E-state index in [1.54, 1.807) is 12.3 Å². The highest BCUT2D eigenvalue weighted by Gasteiger charge is 1.84. The second-order valence-corrected chi connectivity index (χ2v) is 1.32. The van der Waals surface area contributed by atoms with Crippen molar-refractivity contribution in [2.45, 2.75) is 6.54 Å². The van der Waals surface area contributed by atoms with Crippen LogP contribution in [0, 0.1) is 0 Å². The fourth-order valence-electron chi connectivity index (χ4n) is 0.375. The molecule has 42 valence electrons. The molecule has 0 saturated heterocycles. The predicted molar refractivity (Wildman–Crippen MR) is 27.7 cm³/mol. The summed E-state index contributed by atoms with van der Waals surface area (Å²) in [5, 5.41) is 10.5. The molecule has 0 amide bonds. The Hall–Kier alpha value is -1.03. The van der Waals surface area contributed by atoms with Crippen LogP contribution in [-0.4, -0.2) is 15.4 Å². The van der Waals surface area contributed by atoms with Crippen molar-refractivity contribution < 1.29 is 0 Å². The zero-order valence-corrected chi connectivity index (χ0v) is 4.28. The van der Waals surface area contributed by atoms with Gasteiger partial charge in [0.15, 0.2) is 0 Å². The van der Waals surface area contributed by atoms with Gasteiger partial charge in [0, 0.05) is 6.54 Å². The van der Waals surface area contributed by atoms with Gasteiger partial charge in [-0.1, -0.05) is 0 Å². The van der Waals surface area contributed by atoms with Crippen LogP contribution in [0.5, 0.6) is 0 Å². The molecule has 0 unspecified atom stereocenters. The Morgan fingerprint density at radius 2 is 2.50 bits per heavy atom. The molecular formula is C4H6N4. The molecule has 1 aromatic rings. The molecule has 0 aliphatic heterocycles. The molecule has 0 aliphatic carbocycles. The van der Waals surface area contributed by atoms with Gasteiger partial charge >= 0.3 is 0 Å². The first kappa shape index (κ1) is 5.11. The molecule has 2 N–H and O–H groups in total. The standard InChI is InChI=1S/C4H6N4/c5-3-4-1-2-6-8-7-4/h1-2H,3,5H2. The summed E-state index contributed by atoms with van der Waals surface area (Å²) in [5.41, 5.74) is 5.98. The van der Waals surface area contributed by atoms with Crippen LogP contribution in [-0.2, 0) is 6.54 Å². The third-order valence-electron chi connectivity index (χ3n) is 0.768. The van der Waals surface area contributed by atoms with E-state index in [1.165, 1.54) is 0 Å². The van der Waals surface area contributed by atoms with Gasteiger partial charge in [0.1, 0.15) is 0 Å². The van der Waals surface area contributed by atoms with Crippen LogP contribution in [0.4, 0.5) is 0 Å². The van der Waals surface area contributed by atoms with Gasteiger partial charge in [0.05, 0.1) is 11.9 Å². The van der Waals surface area contributed by atoms with E-state index in [0.717, 1.165) is 5.69 Å². The second-order valence-electron chi connectivity index (χ2n) is 1.32. The van der Waals surface area contributed by atoms with Gasteiger partial charge in [-0.25, -0.2) is 0 Å². The summed E-state index contributed by atoms with van der Waals surface area (Å²) in [7, 11) is 0. The summed E-state index contributed by atoms with van der Waals surface area (Å²) in [6, 6.07) is 1.73. The van der Waals surface area contributed by atoms with Crippen LogP contribution in [0.3, 0.4) is 0 Å². The predicted octanol–water partition coefficient (Wildman–Crippen LogP) is -0.670. The monoisotopic (exact) mass is 110 g/mol. The first-order valence-corrected chi connectivity index (χ1v) is 2.27. The zero-order valence-electron chi connectivity index (χ0n) is 4.28. The fourth-order valence-corrected chi connectivity index (χ4v) is 0.375. The summed E-state index contributed by atoms with van der Waals surface area (Å²) in [5.74, 6) is 0. The molecule has 0 radical (unpaired) electrons. The van der Waals surface area contributed by atoms with E-state index >= 15 is 0 Å². The molecule has 1 aromatic heterocycles. The second kappa shape index (κ2) is 2.32. The van der Waals surface area contributed by atoms with Gasteiger partial charge in [-0.2, -0.15) is 0 Å². The Kier molecular flexibility index (Phi) is 1.48. The maximum absolute atomic E-state index is 5.22. The van der Waals surface area contributed by atoms with Crippen LogP contribution >= 0.6 is 0 Å². The molecule has 0 aromatic carbocycles. The van der Waals surface area contributed by atoms with Gasteiger partial charge in [0.2, 0.25) is 0 Å². The molecule has 0 spiro atoms. The van der Waals surface area contributed by atoms with Crippen LogP contribution in [0.15, 0.2) is 12.3 Å². The largest absolute Gasteiger partial charge is 0.325 e. The lowest BCUT2D eigenvalue weighted by atomic mass is 10.4. The topological polar surface area (TPSA) is 64.7 Å². The van der Waals surface area contributed by atoms with Crippen molar-refractivity contribution in [1.29, 1.82) is 0 Å². The first-order chi connectivity index (χ1) is 3.93. The molecule has 0 saturated carbocycles. The molecule has 0 atom stereocenters. The van der Waals surface area contributed by atoms with Gasteiger partial charge < -0.3 is 5.73 Å². The maximum Gasteiger partial charge on any atom is 0.0800 e. The van der Waals surface area contributed by atoms with Crippen LogP contribution in [0.25, 0.3) is 0 Å². The SMILES string of the molecule is NCc1ccnnn1. The minimum absolute atomic E-state index is 0.426. The van der Waals surface area contributed by atoms with E-state index < -0.39 is 0 Å². The Bertz CT molecular complexity index is 149. The van der Waals surface area contributed by atoms with E-state index in [-0.39, 0.29) is 0 Å². The lowest BCUT2D eigenvalue weighted by Gasteiger charge is -1.86. The van der Waals surface area contributed by atoms with Crippen LogP contribution in [0.2, 0.25) is 0 Å². The van der Waals surface area contributed by atoms with Crippen molar-refractivity contribution in [3.8, 4) is 0 Å². The molecule has 0 bridgehead atoms. The average Bonchev–Trinajstić information content (AvgIpc) is 1.90. The van der Waals surface area contributed by atoms with E-state index in [1.807, 2.05) is 0 Å². The summed E-state index contributed by atoms with van der Waals surface area (Å²) in [6.07, 6.45) is 1.56. The number of nitrogens with two attached hydrogens (primary N) is 1. The molecule has 0 fully saturated rings. The number of aromatic nitrogens is 3. The van der Waals surface area contributed by atoms with Gasteiger partial charge in [0.25, 0.3) is 0 Å². The zero-order chi connectivity index (χ0) is 5.82. The van der Waals surface area contributed by atoms with Crippen molar-refractivity contribution in [2.75, 3.05) is 0 Å².